The highest BCUT2D eigenvalue weighted by Gasteiger charge is 2.11. The van der Waals surface area contributed by atoms with Gasteiger partial charge < -0.3 is 0 Å². The molecule has 88 valence electrons. The molecule has 0 unspecified atom stereocenters. The highest BCUT2D eigenvalue weighted by atomic mass is 19.1. The van der Waals surface area contributed by atoms with Gasteiger partial charge in [0.15, 0.2) is 0 Å². The predicted octanol–water partition coefficient (Wildman–Crippen LogP) is 2.65. The number of allylic oxidation sites excluding steroid dienone is 2. The maximum absolute atomic E-state index is 13.3. The number of hydrogen-bond acceptors (Lipinski definition) is 2. The molecule has 4 heteroatoms. The lowest BCUT2D eigenvalue weighted by Crippen LogP contribution is -2.20. The van der Waals surface area contributed by atoms with Crippen LogP contribution in [-0.4, -0.2) is 11.6 Å². The van der Waals surface area contributed by atoms with E-state index in [1.165, 1.54) is 17.7 Å². The molecule has 3 nitrogen and oxygen atoms in total. The predicted molar refractivity (Wildman–Crippen MR) is 64.3 cm³/mol. The highest BCUT2D eigenvalue weighted by Crippen LogP contribution is 2.14. The van der Waals surface area contributed by atoms with Crippen molar-refractivity contribution >= 4 is 11.6 Å². The normalized spacial score (nSPS) is 17.1. The number of benzene rings is 1. The zero-order valence-corrected chi connectivity index (χ0v) is 9.53. The lowest BCUT2D eigenvalue weighted by atomic mass is 10.2. The van der Waals surface area contributed by atoms with Crippen LogP contribution in [0.5, 0.6) is 0 Å². The molecule has 17 heavy (non-hydrogen) atoms. The van der Waals surface area contributed by atoms with Crippen LogP contribution in [-0.2, 0) is 0 Å². The van der Waals surface area contributed by atoms with Gasteiger partial charge in [-0.25, -0.2) is 9.82 Å². The standard InChI is InChI=1S/C13H13FN2O/c1-9-6-7-10(8-9)15-16-13(17)11-4-2-3-5-12(11)14/h2-5,8H,6-7H2,1H3,(H,16,17). The quantitative estimate of drug-likeness (QED) is 0.782. The monoisotopic (exact) mass is 232 g/mol. The molecule has 0 aromatic heterocycles. The van der Waals surface area contributed by atoms with Crippen LogP contribution in [0, 0.1) is 5.82 Å². The van der Waals surface area contributed by atoms with Crippen molar-refractivity contribution in [1.29, 1.82) is 0 Å². The molecule has 1 N–H and O–H groups in total. The second-order valence-corrected chi connectivity index (χ2v) is 4.01. The molecule has 2 rings (SSSR count). The van der Waals surface area contributed by atoms with Gasteiger partial charge in [0.2, 0.25) is 0 Å². The van der Waals surface area contributed by atoms with Gasteiger partial charge >= 0.3 is 0 Å². The first kappa shape index (κ1) is 11.5. The molecule has 1 aliphatic carbocycles. The van der Waals surface area contributed by atoms with Gasteiger partial charge in [0, 0.05) is 0 Å². The molecule has 0 bridgehead atoms. The van der Waals surface area contributed by atoms with Crippen molar-refractivity contribution in [3.05, 3.63) is 47.3 Å². The van der Waals surface area contributed by atoms with Gasteiger partial charge in [-0.15, -0.1) is 0 Å². The van der Waals surface area contributed by atoms with E-state index in [2.05, 4.69) is 10.5 Å². The van der Waals surface area contributed by atoms with E-state index in [1.807, 2.05) is 13.0 Å². The number of amides is 1. The minimum Gasteiger partial charge on any atom is -0.267 e. The summed E-state index contributed by atoms with van der Waals surface area (Å²) in [5.41, 5.74) is 4.44. The summed E-state index contributed by atoms with van der Waals surface area (Å²) < 4.78 is 13.3. The summed E-state index contributed by atoms with van der Waals surface area (Å²) in [5, 5.41) is 3.97. The Morgan fingerprint density at radius 1 is 1.35 bits per heavy atom. The summed E-state index contributed by atoms with van der Waals surface area (Å²) in [5.74, 6) is -1.06. The van der Waals surface area contributed by atoms with Crippen LogP contribution in [0.25, 0.3) is 0 Å². The van der Waals surface area contributed by atoms with Gasteiger partial charge in [-0.2, -0.15) is 5.10 Å². The number of carbonyl (C=O) groups excluding carboxylic acids is 1. The Labute approximate surface area is 99.0 Å². The molecule has 0 fully saturated rings. The van der Waals surface area contributed by atoms with Crippen molar-refractivity contribution in [3.8, 4) is 0 Å². The zero-order chi connectivity index (χ0) is 12.3. The van der Waals surface area contributed by atoms with Crippen molar-refractivity contribution in [2.75, 3.05) is 0 Å². The van der Waals surface area contributed by atoms with E-state index >= 15 is 0 Å². The van der Waals surface area contributed by atoms with Crippen molar-refractivity contribution in [2.24, 2.45) is 5.10 Å². The van der Waals surface area contributed by atoms with Gasteiger partial charge in [0.1, 0.15) is 5.82 Å². The Morgan fingerprint density at radius 2 is 2.12 bits per heavy atom. The summed E-state index contributed by atoms with van der Waals surface area (Å²) in [6.45, 7) is 2.02. The van der Waals surface area contributed by atoms with Crippen LogP contribution in [0.1, 0.15) is 30.1 Å². The SMILES string of the molecule is CC1=CC(=NNC(=O)c2ccccc2F)CC1. The van der Waals surface area contributed by atoms with Crippen LogP contribution < -0.4 is 5.43 Å². The van der Waals surface area contributed by atoms with Gasteiger partial charge in [-0.1, -0.05) is 17.7 Å². The lowest BCUT2D eigenvalue weighted by molar-refractivity contribution is 0.0951. The Kier molecular flexibility index (Phi) is 3.32. The van der Waals surface area contributed by atoms with Gasteiger partial charge in [-0.3, -0.25) is 4.79 Å². The fraction of sp³-hybridized carbons (Fsp3) is 0.231. The minimum atomic E-state index is -0.539. The molecule has 0 spiro atoms. The van der Waals surface area contributed by atoms with E-state index in [4.69, 9.17) is 0 Å². The molecule has 1 aliphatic rings. The van der Waals surface area contributed by atoms with E-state index in [9.17, 15) is 9.18 Å². The second kappa shape index (κ2) is 4.91. The van der Waals surface area contributed by atoms with Crippen LogP contribution >= 0.6 is 0 Å². The first-order valence-corrected chi connectivity index (χ1v) is 5.45. The lowest BCUT2D eigenvalue weighted by Gasteiger charge is -2.01. The molecule has 0 aliphatic heterocycles. The zero-order valence-electron chi connectivity index (χ0n) is 9.53. The number of hydrazone groups is 1. The molecule has 1 aromatic carbocycles. The fourth-order valence-electron chi connectivity index (χ4n) is 1.67. The summed E-state index contributed by atoms with van der Waals surface area (Å²) in [6, 6.07) is 5.84. The van der Waals surface area contributed by atoms with Crippen molar-refractivity contribution in [3.63, 3.8) is 0 Å². The molecule has 1 amide bonds. The Balaban J connectivity index is 2.06. The largest absolute Gasteiger partial charge is 0.274 e. The molecule has 1 aromatic rings. The second-order valence-electron chi connectivity index (χ2n) is 4.01. The first-order chi connectivity index (χ1) is 8.16. The average molecular weight is 232 g/mol. The van der Waals surface area contributed by atoms with E-state index in [0.29, 0.717) is 0 Å². The Bertz CT molecular complexity index is 506. The first-order valence-electron chi connectivity index (χ1n) is 5.45. The molecule has 0 atom stereocenters. The average Bonchev–Trinajstić information content (AvgIpc) is 2.73. The third-order valence-electron chi connectivity index (χ3n) is 2.61. The summed E-state index contributed by atoms with van der Waals surface area (Å²) >= 11 is 0. The number of carbonyl (C=O) groups is 1. The number of hydrogen-bond donors (Lipinski definition) is 1. The van der Waals surface area contributed by atoms with Crippen LogP contribution in [0.15, 0.2) is 41.0 Å². The van der Waals surface area contributed by atoms with E-state index in [0.717, 1.165) is 18.6 Å². The smallest absolute Gasteiger partial charge is 0.267 e. The molecular formula is C13H13FN2O. The third kappa shape index (κ3) is 2.78. The van der Waals surface area contributed by atoms with Gasteiger partial charge in [0.05, 0.1) is 11.3 Å². The molecule has 0 saturated heterocycles. The minimum absolute atomic E-state index is 0.00977. The van der Waals surface area contributed by atoms with Crippen molar-refractivity contribution in [1.82, 2.24) is 5.43 Å². The molecule has 0 heterocycles. The molecular weight excluding hydrogens is 219 g/mol. The van der Waals surface area contributed by atoms with Crippen molar-refractivity contribution < 1.29 is 9.18 Å². The summed E-state index contributed by atoms with van der Waals surface area (Å²) in [7, 11) is 0. The van der Waals surface area contributed by atoms with Gasteiger partial charge in [-0.05, 0) is 38.0 Å². The highest BCUT2D eigenvalue weighted by molar-refractivity contribution is 6.00. The Hall–Kier alpha value is -1.97. The van der Waals surface area contributed by atoms with E-state index in [-0.39, 0.29) is 5.56 Å². The molecule has 0 radical (unpaired) electrons. The molecule has 0 saturated carbocycles. The van der Waals surface area contributed by atoms with E-state index in [1.54, 1.807) is 12.1 Å². The Morgan fingerprint density at radius 3 is 2.76 bits per heavy atom. The van der Waals surface area contributed by atoms with Crippen LogP contribution in [0.4, 0.5) is 4.39 Å². The topological polar surface area (TPSA) is 41.5 Å². The third-order valence-corrected chi connectivity index (χ3v) is 2.61. The van der Waals surface area contributed by atoms with Crippen molar-refractivity contribution in [2.45, 2.75) is 19.8 Å². The number of rotatable bonds is 2. The maximum Gasteiger partial charge on any atom is 0.274 e. The summed E-state index contributed by atoms with van der Waals surface area (Å²) in [6.07, 6.45) is 3.72. The maximum atomic E-state index is 13.3. The van der Waals surface area contributed by atoms with Crippen LogP contribution in [0.2, 0.25) is 0 Å². The number of nitrogens with zero attached hydrogens (tertiary/aromatic N) is 1. The summed E-state index contributed by atoms with van der Waals surface area (Å²) in [4.78, 5) is 11.6. The number of nitrogens with one attached hydrogen (secondary N) is 1. The van der Waals surface area contributed by atoms with Crippen LogP contribution in [0.3, 0.4) is 0 Å². The van der Waals surface area contributed by atoms with E-state index < -0.39 is 11.7 Å². The number of halogens is 1. The fourth-order valence-corrected chi connectivity index (χ4v) is 1.67. The van der Waals surface area contributed by atoms with Gasteiger partial charge in [0.25, 0.3) is 5.91 Å².